The van der Waals surface area contributed by atoms with Crippen molar-refractivity contribution in [2.75, 3.05) is 25.0 Å². The van der Waals surface area contributed by atoms with E-state index in [1.165, 1.54) is 18.2 Å². The van der Waals surface area contributed by atoms with Crippen molar-refractivity contribution in [2.45, 2.75) is 90.3 Å². The third-order valence-electron chi connectivity index (χ3n) is 7.77. The van der Waals surface area contributed by atoms with E-state index in [1.54, 1.807) is 32.9 Å². The van der Waals surface area contributed by atoms with Crippen molar-refractivity contribution < 1.29 is 53.9 Å². The lowest BCUT2D eigenvalue weighted by atomic mass is 9.81. The summed E-state index contributed by atoms with van der Waals surface area (Å²) < 4.78 is 11.4. The number of imide groups is 1. The monoisotopic (exact) mass is 647 g/mol. The zero-order valence-corrected chi connectivity index (χ0v) is 26.4. The summed E-state index contributed by atoms with van der Waals surface area (Å²) in [5.41, 5.74) is 0.0120. The topological polar surface area (TPSA) is 212 Å². The highest BCUT2D eigenvalue weighted by molar-refractivity contribution is 6.12. The molecular weight excluding hydrogens is 602 g/mol. The van der Waals surface area contributed by atoms with Crippen molar-refractivity contribution in [3.63, 3.8) is 0 Å². The number of carbonyl (C=O) groups is 5. The molecule has 1 aromatic rings. The molecule has 1 aliphatic heterocycles. The Morgan fingerprint density at radius 3 is 2.28 bits per heavy atom. The lowest BCUT2D eigenvalue weighted by Crippen LogP contribution is -2.56. The molecule has 3 rings (SSSR count). The lowest BCUT2D eigenvalue weighted by molar-refractivity contribution is -0.156. The van der Waals surface area contributed by atoms with Crippen LogP contribution in [0.5, 0.6) is 5.75 Å². The zero-order valence-electron chi connectivity index (χ0n) is 26.4. The predicted molar refractivity (Wildman–Crippen MR) is 164 cm³/mol. The van der Waals surface area contributed by atoms with Gasteiger partial charge in [-0.3, -0.25) is 28.9 Å². The first-order valence-electron chi connectivity index (χ1n) is 15.4. The minimum atomic E-state index is -1.55. The van der Waals surface area contributed by atoms with E-state index in [1.807, 2.05) is 0 Å². The van der Waals surface area contributed by atoms with Gasteiger partial charge in [0.05, 0.1) is 17.2 Å². The van der Waals surface area contributed by atoms with E-state index in [2.05, 4.69) is 10.6 Å². The first-order valence-corrected chi connectivity index (χ1v) is 15.4. The molecule has 0 aromatic heterocycles. The van der Waals surface area contributed by atoms with Crippen LogP contribution in [0.4, 0.5) is 5.69 Å². The number of benzene rings is 1. The Labute approximate surface area is 267 Å². The molecule has 14 nitrogen and oxygen atoms in total. The number of hydrogen-bond donors (Lipinski definition) is 6. The molecule has 46 heavy (non-hydrogen) atoms. The van der Waals surface area contributed by atoms with Crippen molar-refractivity contribution in [1.82, 2.24) is 10.2 Å². The standard InChI is InChI=1S/C32H45N3O11/c1-32(2,3)31(44)45-18-19-8-9-22(46-23-16-20(17-36)28(41)30(43)29(23)42)21(15-19)34-25(38)12-13-33-24(37)7-5-4-6-14-35-26(39)10-11-27(35)40/h8-11,15,20,23,28-30,36,41-43H,4-7,12-14,16-18H2,1-3H3,(H,33,37)(H,34,38)/t20-,23-,28+,29+,30+/m1/s1. The second-order valence-electron chi connectivity index (χ2n) is 12.6. The number of nitrogens with one attached hydrogen (secondary N) is 2. The number of ether oxygens (including phenoxy) is 2. The average Bonchev–Trinajstić information content (AvgIpc) is 3.32. The van der Waals surface area contributed by atoms with E-state index in [0.717, 1.165) is 4.90 Å². The number of carbonyl (C=O) groups excluding carboxylic acids is 5. The summed E-state index contributed by atoms with van der Waals surface area (Å²) in [6.45, 7) is 4.99. The SMILES string of the molecule is CC(C)(C)C(=O)OCc1ccc(O[C@@H]2C[C@H](CO)[C@H](O)[C@H](O)[C@H]2O)c(NC(=O)CCNC(=O)CCCCCN2C(=O)C=CC2=O)c1. The van der Waals surface area contributed by atoms with Crippen LogP contribution in [0.15, 0.2) is 30.4 Å². The van der Waals surface area contributed by atoms with Gasteiger partial charge in [-0.2, -0.15) is 0 Å². The Morgan fingerprint density at radius 2 is 1.63 bits per heavy atom. The van der Waals surface area contributed by atoms with Gasteiger partial charge in [-0.25, -0.2) is 0 Å². The lowest BCUT2D eigenvalue weighted by Gasteiger charge is -2.39. The molecule has 0 saturated heterocycles. The van der Waals surface area contributed by atoms with E-state index < -0.39 is 54.2 Å². The fourth-order valence-electron chi connectivity index (χ4n) is 4.97. The molecule has 1 aliphatic carbocycles. The highest BCUT2D eigenvalue weighted by atomic mass is 16.5. The molecule has 1 heterocycles. The Kier molecular flexibility index (Phi) is 13.2. The van der Waals surface area contributed by atoms with Gasteiger partial charge < -0.3 is 40.5 Å². The van der Waals surface area contributed by atoms with Gasteiger partial charge in [-0.15, -0.1) is 0 Å². The van der Waals surface area contributed by atoms with Gasteiger partial charge in [-0.05, 0) is 57.7 Å². The molecule has 0 spiro atoms. The third-order valence-corrected chi connectivity index (χ3v) is 7.77. The minimum Gasteiger partial charge on any atom is -0.485 e. The summed E-state index contributed by atoms with van der Waals surface area (Å²) >= 11 is 0. The number of aliphatic hydroxyl groups excluding tert-OH is 4. The summed E-state index contributed by atoms with van der Waals surface area (Å²) in [5, 5.41) is 45.9. The van der Waals surface area contributed by atoms with Gasteiger partial charge in [0.15, 0.2) is 0 Å². The Balaban J connectivity index is 1.55. The molecule has 5 atom stereocenters. The van der Waals surface area contributed by atoms with Crippen molar-refractivity contribution in [3.8, 4) is 5.75 Å². The van der Waals surface area contributed by atoms with Gasteiger partial charge in [0, 0.05) is 50.6 Å². The quantitative estimate of drug-likeness (QED) is 0.0879. The highest BCUT2D eigenvalue weighted by Crippen LogP contribution is 2.33. The number of anilines is 1. The van der Waals surface area contributed by atoms with Gasteiger partial charge in [0.25, 0.3) is 11.8 Å². The van der Waals surface area contributed by atoms with E-state index >= 15 is 0 Å². The molecule has 1 saturated carbocycles. The van der Waals surface area contributed by atoms with Gasteiger partial charge in [0.1, 0.15) is 30.7 Å². The number of rotatable bonds is 15. The van der Waals surface area contributed by atoms with Crippen molar-refractivity contribution in [1.29, 1.82) is 0 Å². The van der Waals surface area contributed by atoms with Crippen molar-refractivity contribution in [2.24, 2.45) is 11.3 Å². The van der Waals surface area contributed by atoms with Crippen LogP contribution in [-0.4, -0.2) is 99.0 Å². The summed E-state index contributed by atoms with van der Waals surface area (Å²) in [4.78, 5) is 61.7. The predicted octanol–water partition coefficient (Wildman–Crippen LogP) is 0.548. The first-order chi connectivity index (χ1) is 21.7. The molecule has 2 aliphatic rings. The number of amides is 4. The molecule has 0 radical (unpaired) electrons. The molecule has 4 amide bonds. The van der Waals surface area contributed by atoms with Gasteiger partial charge in [-0.1, -0.05) is 12.5 Å². The average molecular weight is 648 g/mol. The number of unbranched alkanes of at least 4 members (excludes halogenated alkanes) is 2. The van der Waals surface area contributed by atoms with E-state index in [0.29, 0.717) is 31.4 Å². The molecule has 0 unspecified atom stereocenters. The van der Waals surface area contributed by atoms with Crippen LogP contribution in [0.1, 0.15) is 64.9 Å². The number of nitrogens with zero attached hydrogens (tertiary/aromatic N) is 1. The Hall–Kier alpha value is -3.85. The summed E-state index contributed by atoms with van der Waals surface area (Å²) in [7, 11) is 0. The van der Waals surface area contributed by atoms with Crippen LogP contribution < -0.4 is 15.4 Å². The summed E-state index contributed by atoms with van der Waals surface area (Å²) in [5.74, 6) is -2.41. The zero-order chi connectivity index (χ0) is 34.0. The third kappa shape index (κ3) is 10.3. The Morgan fingerprint density at radius 1 is 0.935 bits per heavy atom. The molecule has 0 bridgehead atoms. The highest BCUT2D eigenvalue weighted by Gasteiger charge is 2.43. The van der Waals surface area contributed by atoms with Crippen molar-refractivity contribution >= 4 is 35.3 Å². The minimum absolute atomic E-state index is 0.0337. The van der Waals surface area contributed by atoms with Crippen LogP contribution in [0, 0.1) is 11.3 Å². The maximum Gasteiger partial charge on any atom is 0.311 e. The first kappa shape index (κ1) is 36.6. The van der Waals surface area contributed by atoms with E-state index in [4.69, 9.17) is 9.47 Å². The molecule has 6 N–H and O–H groups in total. The fourth-order valence-corrected chi connectivity index (χ4v) is 4.97. The summed E-state index contributed by atoms with van der Waals surface area (Å²) in [6.07, 6.45) is -0.975. The smallest absolute Gasteiger partial charge is 0.311 e. The maximum atomic E-state index is 12.9. The van der Waals surface area contributed by atoms with Crippen LogP contribution in [0.2, 0.25) is 0 Å². The largest absolute Gasteiger partial charge is 0.485 e. The molecule has 14 heteroatoms. The van der Waals surface area contributed by atoms with Crippen LogP contribution in [-0.2, 0) is 35.3 Å². The van der Waals surface area contributed by atoms with Crippen LogP contribution in [0.25, 0.3) is 0 Å². The van der Waals surface area contributed by atoms with Crippen LogP contribution in [0.3, 0.4) is 0 Å². The number of esters is 1. The van der Waals surface area contributed by atoms with Gasteiger partial charge >= 0.3 is 5.97 Å². The van der Waals surface area contributed by atoms with E-state index in [9.17, 15) is 44.4 Å². The molecule has 254 valence electrons. The number of hydrogen-bond acceptors (Lipinski definition) is 11. The fraction of sp³-hybridized carbons (Fsp3) is 0.594. The van der Waals surface area contributed by atoms with Gasteiger partial charge in [0.2, 0.25) is 11.8 Å². The van der Waals surface area contributed by atoms with Crippen LogP contribution >= 0.6 is 0 Å². The molecule has 1 fully saturated rings. The number of aliphatic hydroxyl groups is 4. The Bertz CT molecular complexity index is 1270. The molecule has 1 aromatic carbocycles. The summed E-state index contributed by atoms with van der Waals surface area (Å²) in [6, 6.07) is 4.68. The second-order valence-corrected chi connectivity index (χ2v) is 12.6. The molecular formula is C32H45N3O11. The maximum absolute atomic E-state index is 12.9. The van der Waals surface area contributed by atoms with E-state index in [-0.39, 0.29) is 61.6 Å². The van der Waals surface area contributed by atoms with Crippen molar-refractivity contribution in [3.05, 3.63) is 35.9 Å². The second kappa shape index (κ2) is 16.6. The normalized spacial score (nSPS) is 22.9.